The molecule has 0 amide bonds. The van der Waals surface area contributed by atoms with Crippen LogP contribution in [0.25, 0.3) is 0 Å². The lowest BCUT2D eigenvalue weighted by molar-refractivity contribution is 0.193. The molecular weight excluding hydrogens is 320 g/mol. The molecule has 4 heteroatoms. The van der Waals surface area contributed by atoms with E-state index >= 15 is 0 Å². The SMILES string of the molecule is CCOc1ccc(Cl)cc1C(c1ccccc1C)N1CCNCC1. The Labute approximate surface area is 149 Å². The number of hydrogen-bond acceptors (Lipinski definition) is 3. The molecule has 128 valence electrons. The van der Waals surface area contributed by atoms with Gasteiger partial charge >= 0.3 is 0 Å². The molecule has 3 nitrogen and oxygen atoms in total. The molecular formula is C20H25ClN2O. The van der Waals surface area contributed by atoms with Crippen LogP contribution in [-0.4, -0.2) is 37.7 Å². The zero-order valence-electron chi connectivity index (χ0n) is 14.4. The van der Waals surface area contributed by atoms with Crippen LogP contribution < -0.4 is 10.1 Å². The summed E-state index contributed by atoms with van der Waals surface area (Å²) < 4.78 is 5.92. The number of rotatable bonds is 5. The maximum Gasteiger partial charge on any atom is 0.124 e. The van der Waals surface area contributed by atoms with Gasteiger partial charge in [-0.25, -0.2) is 0 Å². The van der Waals surface area contributed by atoms with E-state index < -0.39 is 0 Å². The maximum absolute atomic E-state index is 6.34. The van der Waals surface area contributed by atoms with Crippen LogP contribution in [0.3, 0.4) is 0 Å². The largest absolute Gasteiger partial charge is 0.494 e. The Balaban J connectivity index is 2.11. The van der Waals surface area contributed by atoms with Crippen molar-refractivity contribution in [1.29, 1.82) is 0 Å². The number of benzene rings is 2. The molecule has 1 heterocycles. The fourth-order valence-corrected chi connectivity index (χ4v) is 3.60. The lowest BCUT2D eigenvalue weighted by Crippen LogP contribution is -2.45. The molecule has 1 aliphatic heterocycles. The first kappa shape index (κ1) is 17.3. The number of nitrogens with zero attached hydrogens (tertiary/aromatic N) is 1. The number of ether oxygens (including phenoxy) is 1. The van der Waals surface area contributed by atoms with Gasteiger partial charge in [-0.15, -0.1) is 0 Å². The van der Waals surface area contributed by atoms with Crippen molar-refractivity contribution >= 4 is 11.6 Å². The molecule has 24 heavy (non-hydrogen) atoms. The van der Waals surface area contributed by atoms with E-state index in [1.165, 1.54) is 11.1 Å². The molecule has 1 aliphatic rings. The van der Waals surface area contributed by atoms with Crippen LogP contribution in [0.4, 0.5) is 0 Å². The van der Waals surface area contributed by atoms with Crippen LogP contribution in [-0.2, 0) is 0 Å². The first-order valence-electron chi connectivity index (χ1n) is 8.63. The van der Waals surface area contributed by atoms with E-state index in [0.29, 0.717) is 6.61 Å². The average Bonchev–Trinajstić information content (AvgIpc) is 2.60. The van der Waals surface area contributed by atoms with Crippen molar-refractivity contribution < 1.29 is 4.74 Å². The second-order valence-electron chi connectivity index (χ2n) is 6.16. The van der Waals surface area contributed by atoms with Crippen LogP contribution >= 0.6 is 11.6 Å². The summed E-state index contributed by atoms with van der Waals surface area (Å²) in [6, 6.07) is 14.7. The molecule has 2 aromatic rings. The zero-order chi connectivity index (χ0) is 16.9. The van der Waals surface area contributed by atoms with E-state index in [2.05, 4.69) is 47.5 Å². The molecule has 0 bridgehead atoms. The van der Waals surface area contributed by atoms with Gasteiger partial charge in [0.25, 0.3) is 0 Å². The summed E-state index contributed by atoms with van der Waals surface area (Å²) >= 11 is 6.34. The Morgan fingerprint density at radius 2 is 1.88 bits per heavy atom. The zero-order valence-corrected chi connectivity index (χ0v) is 15.1. The van der Waals surface area contributed by atoms with Crippen LogP contribution in [0.5, 0.6) is 5.75 Å². The molecule has 3 rings (SSSR count). The quantitative estimate of drug-likeness (QED) is 0.885. The minimum Gasteiger partial charge on any atom is -0.494 e. The van der Waals surface area contributed by atoms with Crippen LogP contribution in [0.1, 0.15) is 29.7 Å². The molecule has 0 saturated carbocycles. The third kappa shape index (κ3) is 3.75. The Kier molecular flexibility index (Phi) is 5.77. The monoisotopic (exact) mass is 344 g/mol. The van der Waals surface area contributed by atoms with Crippen molar-refractivity contribution in [3.05, 3.63) is 64.2 Å². The van der Waals surface area contributed by atoms with E-state index in [1.807, 2.05) is 19.1 Å². The number of halogens is 1. The van der Waals surface area contributed by atoms with E-state index in [9.17, 15) is 0 Å². The normalized spacial score (nSPS) is 16.8. The van der Waals surface area contributed by atoms with Gasteiger partial charge in [0.05, 0.1) is 12.6 Å². The predicted molar refractivity (Wildman–Crippen MR) is 100 cm³/mol. The molecule has 1 atom stereocenters. The summed E-state index contributed by atoms with van der Waals surface area (Å²) in [7, 11) is 0. The van der Waals surface area contributed by atoms with Gasteiger partial charge in [-0.2, -0.15) is 0 Å². The number of aryl methyl sites for hydroxylation is 1. The van der Waals surface area contributed by atoms with Crippen molar-refractivity contribution in [1.82, 2.24) is 10.2 Å². The predicted octanol–water partition coefficient (Wildman–Crippen LogP) is 4.04. The van der Waals surface area contributed by atoms with E-state index in [0.717, 1.165) is 42.5 Å². The molecule has 1 N–H and O–H groups in total. The van der Waals surface area contributed by atoms with Crippen molar-refractivity contribution in [2.75, 3.05) is 32.8 Å². The molecule has 1 saturated heterocycles. The molecule has 1 fully saturated rings. The van der Waals surface area contributed by atoms with Crippen molar-refractivity contribution in [2.24, 2.45) is 0 Å². The highest BCUT2D eigenvalue weighted by Gasteiger charge is 2.27. The Bertz CT molecular complexity index is 683. The highest BCUT2D eigenvalue weighted by atomic mass is 35.5. The van der Waals surface area contributed by atoms with Gasteiger partial charge in [0.15, 0.2) is 0 Å². The second kappa shape index (κ2) is 8.02. The molecule has 0 aliphatic carbocycles. The number of nitrogens with one attached hydrogen (secondary N) is 1. The van der Waals surface area contributed by atoms with Crippen molar-refractivity contribution in [3.63, 3.8) is 0 Å². The maximum atomic E-state index is 6.34. The summed E-state index contributed by atoms with van der Waals surface area (Å²) in [5.74, 6) is 0.925. The van der Waals surface area contributed by atoms with Crippen LogP contribution in [0.2, 0.25) is 5.02 Å². The van der Waals surface area contributed by atoms with Gasteiger partial charge in [0.1, 0.15) is 5.75 Å². The molecule has 1 unspecified atom stereocenters. The number of piperazine rings is 1. The minimum atomic E-state index is 0.161. The Morgan fingerprint density at radius 1 is 1.12 bits per heavy atom. The molecule has 0 aromatic heterocycles. The van der Waals surface area contributed by atoms with Crippen LogP contribution in [0.15, 0.2) is 42.5 Å². The third-order valence-corrected chi connectivity index (χ3v) is 4.80. The smallest absolute Gasteiger partial charge is 0.124 e. The standard InChI is InChI=1S/C20H25ClN2O/c1-3-24-19-9-8-16(21)14-18(19)20(23-12-10-22-11-13-23)17-7-5-4-6-15(17)2/h4-9,14,20,22H,3,10-13H2,1-2H3. The van der Waals surface area contributed by atoms with Crippen molar-refractivity contribution in [3.8, 4) is 5.75 Å². The first-order valence-corrected chi connectivity index (χ1v) is 9.01. The summed E-state index contributed by atoms with van der Waals surface area (Å²) in [5, 5.41) is 4.19. The van der Waals surface area contributed by atoms with E-state index in [4.69, 9.17) is 16.3 Å². The first-order chi connectivity index (χ1) is 11.7. The van der Waals surface area contributed by atoms with E-state index in [1.54, 1.807) is 0 Å². The highest BCUT2D eigenvalue weighted by molar-refractivity contribution is 6.30. The fraction of sp³-hybridized carbons (Fsp3) is 0.400. The summed E-state index contributed by atoms with van der Waals surface area (Å²) in [6.45, 7) is 8.88. The van der Waals surface area contributed by atoms with Gasteiger partial charge in [-0.3, -0.25) is 4.90 Å². The summed E-state index contributed by atoms with van der Waals surface area (Å²) in [4.78, 5) is 2.52. The van der Waals surface area contributed by atoms with Gasteiger partial charge in [-0.05, 0) is 43.2 Å². The summed E-state index contributed by atoms with van der Waals surface area (Å²) in [6.07, 6.45) is 0. The lowest BCUT2D eigenvalue weighted by atomic mass is 9.92. The molecule has 2 aromatic carbocycles. The minimum absolute atomic E-state index is 0.161. The Morgan fingerprint density at radius 3 is 2.58 bits per heavy atom. The lowest BCUT2D eigenvalue weighted by Gasteiger charge is -2.37. The van der Waals surface area contributed by atoms with E-state index in [-0.39, 0.29) is 6.04 Å². The number of hydrogen-bond donors (Lipinski definition) is 1. The van der Waals surface area contributed by atoms with Crippen LogP contribution in [0, 0.1) is 6.92 Å². The van der Waals surface area contributed by atoms with Gasteiger partial charge < -0.3 is 10.1 Å². The Hall–Kier alpha value is -1.55. The topological polar surface area (TPSA) is 24.5 Å². The van der Waals surface area contributed by atoms with Gasteiger partial charge in [0, 0.05) is 36.8 Å². The summed E-state index contributed by atoms with van der Waals surface area (Å²) in [5.41, 5.74) is 3.77. The fourth-order valence-electron chi connectivity index (χ4n) is 3.41. The molecule has 0 spiro atoms. The van der Waals surface area contributed by atoms with Gasteiger partial charge in [0.2, 0.25) is 0 Å². The third-order valence-electron chi connectivity index (χ3n) is 4.57. The average molecular weight is 345 g/mol. The highest BCUT2D eigenvalue weighted by Crippen LogP contribution is 2.37. The van der Waals surface area contributed by atoms with Gasteiger partial charge in [-0.1, -0.05) is 35.9 Å². The second-order valence-corrected chi connectivity index (χ2v) is 6.60. The molecule has 0 radical (unpaired) electrons. The van der Waals surface area contributed by atoms with Crippen molar-refractivity contribution in [2.45, 2.75) is 19.9 Å².